The monoisotopic (exact) mass is 463 g/mol. The Labute approximate surface area is 196 Å². The van der Waals surface area contributed by atoms with Gasteiger partial charge in [-0.3, -0.25) is 9.36 Å². The van der Waals surface area contributed by atoms with E-state index >= 15 is 0 Å². The van der Waals surface area contributed by atoms with Crippen LogP contribution in [0.1, 0.15) is 11.4 Å². The molecule has 1 amide bonds. The van der Waals surface area contributed by atoms with Crippen LogP contribution in [0.5, 0.6) is 0 Å². The van der Waals surface area contributed by atoms with Crippen LogP contribution >= 0.6 is 23.4 Å². The van der Waals surface area contributed by atoms with Gasteiger partial charge in [0.2, 0.25) is 5.91 Å². The highest BCUT2D eigenvalue weighted by Crippen LogP contribution is 2.23. The second-order valence-electron chi connectivity index (χ2n) is 7.14. The summed E-state index contributed by atoms with van der Waals surface area (Å²) in [6.45, 7) is 2.45. The number of rotatable bonds is 8. The number of hydrogen-bond donors (Lipinski definition) is 2. The van der Waals surface area contributed by atoms with Crippen LogP contribution < -0.4 is 10.6 Å². The Morgan fingerprint density at radius 1 is 0.969 bits per heavy atom. The molecule has 8 heteroatoms. The van der Waals surface area contributed by atoms with E-state index < -0.39 is 0 Å². The quantitative estimate of drug-likeness (QED) is 0.334. The van der Waals surface area contributed by atoms with Crippen LogP contribution in [0.15, 0.2) is 84.0 Å². The minimum atomic E-state index is -0.0955. The molecule has 0 fully saturated rings. The largest absolute Gasteiger partial charge is 0.378 e. The number of halogens is 1. The highest BCUT2D eigenvalue weighted by molar-refractivity contribution is 7.99. The number of carbonyl (C=O) groups is 1. The van der Waals surface area contributed by atoms with E-state index in [9.17, 15) is 4.79 Å². The second kappa shape index (κ2) is 10.3. The lowest BCUT2D eigenvalue weighted by Crippen LogP contribution is -2.15. The smallest absolute Gasteiger partial charge is 0.234 e. The van der Waals surface area contributed by atoms with Crippen molar-refractivity contribution in [1.82, 2.24) is 14.8 Å². The minimum absolute atomic E-state index is 0.0955. The first-order chi connectivity index (χ1) is 15.6. The summed E-state index contributed by atoms with van der Waals surface area (Å²) < 4.78 is 1.96. The van der Waals surface area contributed by atoms with Crippen LogP contribution in [0.2, 0.25) is 5.02 Å². The molecule has 32 heavy (non-hydrogen) atoms. The first kappa shape index (κ1) is 21.9. The first-order valence-electron chi connectivity index (χ1n) is 10.1. The molecule has 0 aliphatic heterocycles. The van der Waals surface area contributed by atoms with Gasteiger partial charge in [0.1, 0.15) is 0 Å². The molecule has 4 rings (SSSR count). The van der Waals surface area contributed by atoms with E-state index in [4.69, 9.17) is 11.6 Å². The van der Waals surface area contributed by atoms with E-state index in [0.717, 1.165) is 28.5 Å². The number of nitrogens with zero attached hydrogens (tertiary/aromatic N) is 3. The number of hydrogen-bond acceptors (Lipinski definition) is 5. The summed E-state index contributed by atoms with van der Waals surface area (Å²) in [5.74, 6) is 0.861. The summed E-state index contributed by atoms with van der Waals surface area (Å²) in [7, 11) is 0. The standard InChI is InChI=1S/C24H22ClN5OS/c1-17-7-5-10-20(13-17)27-23(31)16-32-24-29-28-22(30(24)21-11-3-2-4-12-21)15-26-19-9-6-8-18(25)14-19/h2-14,26H,15-16H2,1H3,(H,27,31). The van der Waals surface area contributed by atoms with Crippen molar-refractivity contribution in [2.75, 3.05) is 16.4 Å². The number of amides is 1. The molecule has 0 aliphatic rings. The molecule has 1 aromatic heterocycles. The Bertz CT molecular complexity index is 1210. The third kappa shape index (κ3) is 5.69. The fourth-order valence-electron chi connectivity index (χ4n) is 3.17. The lowest BCUT2D eigenvalue weighted by molar-refractivity contribution is -0.113. The van der Waals surface area contributed by atoms with E-state index in [0.29, 0.717) is 16.7 Å². The van der Waals surface area contributed by atoms with Gasteiger partial charge in [-0.05, 0) is 55.0 Å². The second-order valence-corrected chi connectivity index (χ2v) is 8.52. The summed E-state index contributed by atoms with van der Waals surface area (Å²) >= 11 is 7.43. The van der Waals surface area contributed by atoms with Crippen molar-refractivity contribution in [2.45, 2.75) is 18.6 Å². The predicted octanol–water partition coefficient (Wildman–Crippen LogP) is 5.57. The Morgan fingerprint density at radius 2 is 1.75 bits per heavy atom. The number of aryl methyl sites for hydroxylation is 1. The van der Waals surface area contributed by atoms with Gasteiger partial charge in [0.05, 0.1) is 12.3 Å². The number of carbonyl (C=O) groups excluding carboxylic acids is 1. The van der Waals surface area contributed by atoms with Crippen molar-refractivity contribution in [2.24, 2.45) is 0 Å². The summed E-state index contributed by atoms with van der Waals surface area (Å²) in [5.41, 5.74) is 3.71. The van der Waals surface area contributed by atoms with Gasteiger partial charge in [-0.2, -0.15) is 0 Å². The maximum absolute atomic E-state index is 12.5. The Balaban J connectivity index is 1.49. The van der Waals surface area contributed by atoms with Crippen LogP contribution in [-0.4, -0.2) is 26.4 Å². The number of nitrogens with one attached hydrogen (secondary N) is 2. The summed E-state index contributed by atoms with van der Waals surface area (Å²) in [5, 5.41) is 16.3. The molecule has 0 atom stereocenters. The Morgan fingerprint density at radius 3 is 2.53 bits per heavy atom. The number of aromatic nitrogens is 3. The molecule has 0 spiro atoms. The lowest BCUT2D eigenvalue weighted by Gasteiger charge is -2.12. The molecule has 2 N–H and O–H groups in total. The van der Waals surface area contributed by atoms with Crippen molar-refractivity contribution in [3.63, 3.8) is 0 Å². The van der Waals surface area contributed by atoms with Gasteiger partial charge in [-0.15, -0.1) is 10.2 Å². The lowest BCUT2D eigenvalue weighted by atomic mass is 10.2. The van der Waals surface area contributed by atoms with Crippen LogP contribution in [0.3, 0.4) is 0 Å². The SMILES string of the molecule is Cc1cccc(NC(=O)CSc2nnc(CNc3cccc(Cl)c3)n2-c2ccccc2)c1. The van der Waals surface area contributed by atoms with E-state index in [-0.39, 0.29) is 11.7 Å². The van der Waals surface area contributed by atoms with Gasteiger partial charge in [0.25, 0.3) is 0 Å². The molecule has 0 saturated carbocycles. The zero-order chi connectivity index (χ0) is 22.3. The zero-order valence-electron chi connectivity index (χ0n) is 17.5. The molecule has 162 valence electrons. The summed E-state index contributed by atoms with van der Waals surface area (Å²) in [4.78, 5) is 12.5. The average molecular weight is 464 g/mol. The van der Waals surface area contributed by atoms with E-state index in [1.165, 1.54) is 11.8 Å². The fraction of sp³-hybridized carbons (Fsp3) is 0.125. The third-order valence-electron chi connectivity index (χ3n) is 4.62. The highest BCUT2D eigenvalue weighted by Gasteiger charge is 2.16. The molecular formula is C24H22ClN5OS. The molecule has 0 saturated heterocycles. The van der Waals surface area contributed by atoms with Gasteiger partial charge in [0.15, 0.2) is 11.0 Å². The number of thioether (sulfide) groups is 1. The molecule has 3 aromatic carbocycles. The predicted molar refractivity (Wildman–Crippen MR) is 131 cm³/mol. The van der Waals surface area contributed by atoms with Gasteiger partial charge >= 0.3 is 0 Å². The van der Waals surface area contributed by atoms with Crippen LogP contribution in [0.4, 0.5) is 11.4 Å². The third-order valence-corrected chi connectivity index (χ3v) is 5.79. The zero-order valence-corrected chi connectivity index (χ0v) is 19.0. The first-order valence-corrected chi connectivity index (χ1v) is 11.4. The molecular weight excluding hydrogens is 442 g/mol. The van der Waals surface area contributed by atoms with Crippen molar-refractivity contribution < 1.29 is 4.79 Å². The van der Waals surface area contributed by atoms with Gasteiger partial charge < -0.3 is 10.6 Å². The molecule has 0 aliphatic carbocycles. The van der Waals surface area contributed by atoms with Crippen LogP contribution in [0.25, 0.3) is 5.69 Å². The van der Waals surface area contributed by atoms with Gasteiger partial charge in [0, 0.05) is 22.1 Å². The summed E-state index contributed by atoms with van der Waals surface area (Å²) in [6.07, 6.45) is 0. The van der Waals surface area contributed by atoms with Crippen molar-refractivity contribution in [1.29, 1.82) is 0 Å². The molecule has 0 bridgehead atoms. The van der Waals surface area contributed by atoms with Crippen LogP contribution in [-0.2, 0) is 11.3 Å². The molecule has 4 aromatic rings. The Hall–Kier alpha value is -3.29. The molecule has 0 unspecified atom stereocenters. The van der Waals surface area contributed by atoms with Crippen LogP contribution in [0, 0.1) is 6.92 Å². The number of para-hydroxylation sites is 1. The molecule has 1 heterocycles. The van der Waals surface area contributed by atoms with Crippen molar-refractivity contribution in [3.05, 3.63) is 95.3 Å². The van der Waals surface area contributed by atoms with Gasteiger partial charge in [-0.1, -0.05) is 59.8 Å². The molecule has 0 radical (unpaired) electrons. The summed E-state index contributed by atoms with van der Waals surface area (Å²) in [6, 6.07) is 25.1. The maximum Gasteiger partial charge on any atom is 0.234 e. The van der Waals surface area contributed by atoms with Gasteiger partial charge in [-0.25, -0.2) is 0 Å². The average Bonchev–Trinajstić information content (AvgIpc) is 3.20. The highest BCUT2D eigenvalue weighted by atomic mass is 35.5. The minimum Gasteiger partial charge on any atom is -0.378 e. The number of benzene rings is 3. The number of anilines is 2. The molecule has 6 nitrogen and oxygen atoms in total. The fourth-order valence-corrected chi connectivity index (χ4v) is 4.14. The van der Waals surface area contributed by atoms with E-state index in [1.807, 2.05) is 90.4 Å². The van der Waals surface area contributed by atoms with E-state index in [2.05, 4.69) is 20.8 Å². The van der Waals surface area contributed by atoms with E-state index in [1.54, 1.807) is 0 Å². The normalized spacial score (nSPS) is 10.7. The maximum atomic E-state index is 12.5. The van der Waals surface area contributed by atoms with Crippen molar-refractivity contribution >= 4 is 40.6 Å². The van der Waals surface area contributed by atoms with Crippen molar-refractivity contribution in [3.8, 4) is 5.69 Å². The topological polar surface area (TPSA) is 71.8 Å². The Kier molecular flexibility index (Phi) is 7.09.